The summed E-state index contributed by atoms with van der Waals surface area (Å²) in [4.78, 5) is 16.7. The highest BCUT2D eigenvalue weighted by Gasteiger charge is 2.15. The molecule has 1 heterocycles. The van der Waals surface area contributed by atoms with Crippen molar-refractivity contribution in [2.75, 3.05) is 11.4 Å². The number of carbonyl (C=O) groups excluding carboxylic acids is 1. The summed E-state index contributed by atoms with van der Waals surface area (Å²) in [5, 5.41) is 2.90. The molecule has 0 aliphatic rings. The van der Waals surface area contributed by atoms with Crippen LogP contribution < -0.4 is 10.6 Å². The van der Waals surface area contributed by atoms with Gasteiger partial charge < -0.3 is 10.6 Å². The first-order chi connectivity index (χ1) is 6.50. The van der Waals surface area contributed by atoms with Crippen LogP contribution in [-0.2, 0) is 4.79 Å². The van der Waals surface area contributed by atoms with E-state index in [2.05, 4.69) is 4.98 Å². The maximum atomic E-state index is 10.8. The number of carbonyl (C=O) groups is 1. The monoisotopic (exact) mass is 233 g/mol. The molecule has 1 rings (SSSR count). The molecule has 2 N–H and O–H groups in total. The second-order valence-corrected chi connectivity index (χ2v) is 4.36. The van der Waals surface area contributed by atoms with E-state index in [1.54, 1.807) is 5.38 Å². The molecular formula is C8H12ClN3OS. The number of amides is 1. The largest absolute Gasteiger partial charge is 0.368 e. The van der Waals surface area contributed by atoms with Gasteiger partial charge >= 0.3 is 0 Å². The molecule has 0 bridgehead atoms. The molecule has 4 nitrogen and oxygen atoms in total. The minimum atomic E-state index is -0.370. The van der Waals surface area contributed by atoms with Crippen molar-refractivity contribution in [1.82, 2.24) is 4.98 Å². The molecule has 0 aromatic carbocycles. The van der Waals surface area contributed by atoms with Gasteiger partial charge in [0.2, 0.25) is 5.91 Å². The van der Waals surface area contributed by atoms with Crippen molar-refractivity contribution in [3.05, 3.63) is 10.5 Å². The third-order valence-electron chi connectivity index (χ3n) is 1.66. The molecule has 0 spiro atoms. The fourth-order valence-electron chi connectivity index (χ4n) is 1.02. The summed E-state index contributed by atoms with van der Waals surface area (Å²) in [5.74, 6) is -0.370. The van der Waals surface area contributed by atoms with Gasteiger partial charge in [-0.15, -0.1) is 11.3 Å². The Labute approximate surface area is 91.7 Å². The fourth-order valence-corrected chi connectivity index (χ4v) is 2.10. The van der Waals surface area contributed by atoms with E-state index in [4.69, 9.17) is 17.3 Å². The molecule has 0 fully saturated rings. The van der Waals surface area contributed by atoms with Crippen LogP contribution in [0.5, 0.6) is 0 Å². The molecule has 0 radical (unpaired) electrons. The summed E-state index contributed by atoms with van der Waals surface area (Å²) in [7, 11) is 0. The van der Waals surface area contributed by atoms with Crippen LogP contribution in [0.4, 0.5) is 5.13 Å². The van der Waals surface area contributed by atoms with E-state index < -0.39 is 0 Å². The maximum absolute atomic E-state index is 10.8. The Bertz CT molecular complexity index is 326. The molecule has 0 saturated carbocycles. The molecule has 14 heavy (non-hydrogen) atoms. The third-order valence-corrected chi connectivity index (χ3v) is 2.86. The zero-order chi connectivity index (χ0) is 10.7. The first kappa shape index (κ1) is 11.3. The van der Waals surface area contributed by atoms with Gasteiger partial charge in [0.1, 0.15) is 5.15 Å². The standard InChI is InChI=1S/C8H12ClN3OS/c1-5(2)12(3-7(10)13)8-11-6(9)4-14-8/h4-5H,3H2,1-2H3,(H2,10,13). The van der Waals surface area contributed by atoms with Gasteiger partial charge in [-0.2, -0.15) is 0 Å². The van der Waals surface area contributed by atoms with E-state index in [9.17, 15) is 4.79 Å². The normalized spacial score (nSPS) is 10.6. The lowest BCUT2D eigenvalue weighted by Crippen LogP contribution is -2.38. The Morgan fingerprint density at radius 2 is 2.43 bits per heavy atom. The molecular weight excluding hydrogens is 222 g/mol. The van der Waals surface area contributed by atoms with Crippen LogP contribution in [0.3, 0.4) is 0 Å². The minimum absolute atomic E-state index is 0.168. The lowest BCUT2D eigenvalue weighted by Gasteiger charge is -2.24. The van der Waals surface area contributed by atoms with Gasteiger partial charge in [0, 0.05) is 11.4 Å². The zero-order valence-corrected chi connectivity index (χ0v) is 9.60. The Hall–Kier alpha value is -0.810. The van der Waals surface area contributed by atoms with Gasteiger partial charge in [-0.1, -0.05) is 11.6 Å². The van der Waals surface area contributed by atoms with Crippen molar-refractivity contribution in [2.24, 2.45) is 5.73 Å². The van der Waals surface area contributed by atoms with Crippen LogP contribution in [0.2, 0.25) is 5.15 Å². The first-order valence-corrected chi connectivity index (χ1v) is 5.42. The number of nitrogens with zero attached hydrogens (tertiary/aromatic N) is 2. The first-order valence-electron chi connectivity index (χ1n) is 4.16. The molecule has 0 unspecified atom stereocenters. The molecule has 0 atom stereocenters. The van der Waals surface area contributed by atoms with Crippen LogP contribution in [0.25, 0.3) is 0 Å². The predicted molar refractivity (Wildman–Crippen MR) is 58.8 cm³/mol. The lowest BCUT2D eigenvalue weighted by atomic mass is 10.3. The van der Waals surface area contributed by atoms with Gasteiger partial charge in [-0.25, -0.2) is 4.98 Å². The van der Waals surface area contributed by atoms with Gasteiger partial charge in [-0.3, -0.25) is 4.79 Å². The number of hydrogen-bond acceptors (Lipinski definition) is 4. The van der Waals surface area contributed by atoms with Crippen LogP contribution in [0.15, 0.2) is 5.38 Å². The topological polar surface area (TPSA) is 59.2 Å². The van der Waals surface area contributed by atoms with Crippen molar-refractivity contribution in [1.29, 1.82) is 0 Å². The van der Waals surface area contributed by atoms with Crippen LogP contribution in [0.1, 0.15) is 13.8 Å². The summed E-state index contributed by atoms with van der Waals surface area (Å²) in [6, 6.07) is 0.171. The van der Waals surface area contributed by atoms with Crippen LogP contribution in [-0.4, -0.2) is 23.5 Å². The summed E-state index contributed by atoms with van der Waals surface area (Å²) in [5.41, 5.74) is 5.14. The van der Waals surface area contributed by atoms with Crippen molar-refractivity contribution < 1.29 is 4.79 Å². The zero-order valence-electron chi connectivity index (χ0n) is 8.03. The molecule has 78 valence electrons. The van der Waals surface area contributed by atoms with Gasteiger partial charge in [-0.05, 0) is 13.8 Å². The second kappa shape index (κ2) is 4.61. The van der Waals surface area contributed by atoms with Gasteiger partial charge in [0.25, 0.3) is 0 Å². The predicted octanol–water partition coefficient (Wildman–Crippen LogP) is 1.50. The molecule has 0 aliphatic heterocycles. The highest BCUT2D eigenvalue weighted by molar-refractivity contribution is 7.14. The smallest absolute Gasteiger partial charge is 0.237 e. The number of halogens is 1. The Morgan fingerprint density at radius 3 is 2.79 bits per heavy atom. The molecule has 1 amide bonds. The molecule has 1 aromatic rings. The molecule has 0 saturated heterocycles. The van der Waals surface area contributed by atoms with Gasteiger partial charge in [0.05, 0.1) is 6.54 Å². The average Bonchev–Trinajstić information content (AvgIpc) is 2.46. The number of aromatic nitrogens is 1. The van der Waals surface area contributed by atoms with Crippen molar-refractivity contribution in [3.63, 3.8) is 0 Å². The molecule has 1 aromatic heterocycles. The summed E-state index contributed by atoms with van der Waals surface area (Å²) < 4.78 is 0. The highest BCUT2D eigenvalue weighted by Crippen LogP contribution is 2.24. The average molecular weight is 234 g/mol. The Kier molecular flexibility index (Phi) is 3.71. The number of nitrogens with two attached hydrogens (primary N) is 1. The van der Waals surface area contributed by atoms with E-state index in [0.29, 0.717) is 5.15 Å². The number of hydrogen-bond donors (Lipinski definition) is 1. The Balaban J connectivity index is 2.82. The quantitative estimate of drug-likeness (QED) is 0.858. The number of primary amides is 1. The van der Waals surface area contributed by atoms with Crippen molar-refractivity contribution >= 4 is 34.0 Å². The van der Waals surface area contributed by atoms with E-state index in [0.717, 1.165) is 5.13 Å². The maximum Gasteiger partial charge on any atom is 0.237 e. The molecule has 0 aliphatic carbocycles. The van der Waals surface area contributed by atoms with Crippen molar-refractivity contribution in [2.45, 2.75) is 19.9 Å². The van der Waals surface area contributed by atoms with E-state index in [1.807, 2.05) is 18.7 Å². The summed E-state index contributed by atoms with van der Waals surface area (Å²) >= 11 is 7.11. The van der Waals surface area contributed by atoms with E-state index in [-0.39, 0.29) is 18.5 Å². The molecule has 6 heteroatoms. The fraction of sp³-hybridized carbons (Fsp3) is 0.500. The highest BCUT2D eigenvalue weighted by atomic mass is 35.5. The number of thiazole rings is 1. The Morgan fingerprint density at radius 1 is 1.79 bits per heavy atom. The SMILES string of the molecule is CC(C)N(CC(N)=O)c1nc(Cl)cs1. The minimum Gasteiger partial charge on any atom is -0.368 e. The number of rotatable bonds is 4. The van der Waals surface area contributed by atoms with Crippen LogP contribution in [0, 0.1) is 0 Å². The summed E-state index contributed by atoms with van der Waals surface area (Å²) in [6.45, 7) is 4.11. The lowest BCUT2D eigenvalue weighted by molar-refractivity contribution is -0.116. The third kappa shape index (κ3) is 2.85. The number of anilines is 1. The summed E-state index contributed by atoms with van der Waals surface area (Å²) in [6.07, 6.45) is 0. The van der Waals surface area contributed by atoms with E-state index >= 15 is 0 Å². The van der Waals surface area contributed by atoms with Crippen molar-refractivity contribution in [3.8, 4) is 0 Å². The second-order valence-electron chi connectivity index (χ2n) is 3.14. The van der Waals surface area contributed by atoms with E-state index in [1.165, 1.54) is 11.3 Å². The van der Waals surface area contributed by atoms with Crippen LogP contribution >= 0.6 is 22.9 Å². The van der Waals surface area contributed by atoms with Gasteiger partial charge in [0.15, 0.2) is 5.13 Å².